The van der Waals surface area contributed by atoms with E-state index in [0.29, 0.717) is 11.5 Å². The minimum absolute atomic E-state index is 0.0232. The van der Waals surface area contributed by atoms with Crippen molar-refractivity contribution in [2.45, 2.75) is 32.7 Å². The molecule has 5 heteroatoms. The number of aromatic nitrogens is 2. The van der Waals surface area contributed by atoms with Gasteiger partial charge in [-0.15, -0.1) is 0 Å². The van der Waals surface area contributed by atoms with E-state index in [4.69, 9.17) is 4.52 Å². The van der Waals surface area contributed by atoms with Crippen LogP contribution < -0.4 is 0 Å². The second kappa shape index (κ2) is 6.75. The van der Waals surface area contributed by atoms with Crippen molar-refractivity contribution in [1.82, 2.24) is 15.0 Å². The number of likely N-dealkylation sites (tertiary alicyclic amines) is 1. The van der Waals surface area contributed by atoms with E-state index in [1.807, 2.05) is 49.1 Å². The molecule has 4 rings (SSSR count). The number of benzene rings is 1. The lowest BCUT2D eigenvalue weighted by molar-refractivity contribution is 0.0730. The Morgan fingerprint density at radius 2 is 1.92 bits per heavy atom. The molecule has 26 heavy (non-hydrogen) atoms. The van der Waals surface area contributed by atoms with Gasteiger partial charge in [-0.05, 0) is 44.4 Å². The number of amides is 1. The molecule has 1 aliphatic rings. The predicted molar refractivity (Wildman–Crippen MR) is 98.7 cm³/mol. The zero-order chi connectivity index (χ0) is 18.1. The van der Waals surface area contributed by atoms with Gasteiger partial charge >= 0.3 is 0 Å². The molecule has 1 unspecified atom stereocenters. The molecule has 0 radical (unpaired) electrons. The maximum Gasteiger partial charge on any atom is 0.272 e. The molecule has 1 aliphatic heterocycles. The zero-order valence-corrected chi connectivity index (χ0v) is 15.0. The van der Waals surface area contributed by atoms with Crippen molar-refractivity contribution < 1.29 is 9.32 Å². The molecule has 3 heterocycles. The Bertz CT molecular complexity index is 914. The molecule has 1 saturated heterocycles. The largest absolute Gasteiger partial charge is 0.361 e. The molecule has 0 bridgehead atoms. The highest BCUT2D eigenvalue weighted by Crippen LogP contribution is 2.33. The predicted octanol–water partition coefficient (Wildman–Crippen LogP) is 4.33. The lowest BCUT2D eigenvalue weighted by Gasteiger charge is -2.25. The van der Waals surface area contributed by atoms with Gasteiger partial charge in [-0.25, -0.2) is 4.98 Å². The van der Waals surface area contributed by atoms with Crippen molar-refractivity contribution in [1.29, 1.82) is 0 Å². The highest BCUT2D eigenvalue weighted by atomic mass is 16.5. The summed E-state index contributed by atoms with van der Waals surface area (Å²) >= 11 is 0. The van der Waals surface area contributed by atoms with Crippen LogP contribution in [0.3, 0.4) is 0 Å². The van der Waals surface area contributed by atoms with Gasteiger partial charge in [0, 0.05) is 6.54 Å². The smallest absolute Gasteiger partial charge is 0.272 e. The zero-order valence-electron chi connectivity index (χ0n) is 15.0. The quantitative estimate of drug-likeness (QED) is 0.707. The SMILES string of the molecule is Cc1noc(C)c1-c1cccc(C(=O)N2CCCC2c2ccccc2)n1. The van der Waals surface area contributed by atoms with Crippen LogP contribution in [0, 0.1) is 13.8 Å². The van der Waals surface area contributed by atoms with E-state index in [1.54, 1.807) is 6.07 Å². The molecule has 2 aromatic heterocycles. The first-order chi connectivity index (χ1) is 12.6. The van der Waals surface area contributed by atoms with Gasteiger partial charge < -0.3 is 9.42 Å². The molecule has 1 atom stereocenters. The highest BCUT2D eigenvalue weighted by Gasteiger charge is 2.31. The lowest BCUT2D eigenvalue weighted by atomic mass is 10.0. The number of carbonyl (C=O) groups excluding carboxylic acids is 1. The monoisotopic (exact) mass is 347 g/mol. The number of pyridine rings is 1. The van der Waals surface area contributed by atoms with Gasteiger partial charge in [0.25, 0.3) is 5.91 Å². The minimum atomic E-state index is -0.0232. The number of hydrogen-bond acceptors (Lipinski definition) is 4. The fraction of sp³-hybridized carbons (Fsp3) is 0.286. The third-order valence-electron chi connectivity index (χ3n) is 4.96. The maximum absolute atomic E-state index is 13.1. The molecule has 5 nitrogen and oxygen atoms in total. The Balaban J connectivity index is 1.65. The van der Waals surface area contributed by atoms with Crippen LogP contribution in [-0.4, -0.2) is 27.5 Å². The van der Waals surface area contributed by atoms with Crippen molar-refractivity contribution in [3.63, 3.8) is 0 Å². The van der Waals surface area contributed by atoms with Crippen LogP contribution in [0.15, 0.2) is 53.1 Å². The molecule has 0 N–H and O–H groups in total. The molecular weight excluding hydrogens is 326 g/mol. The normalized spacial score (nSPS) is 16.8. The summed E-state index contributed by atoms with van der Waals surface area (Å²) in [5.74, 6) is 0.688. The fourth-order valence-corrected chi connectivity index (χ4v) is 3.72. The van der Waals surface area contributed by atoms with Crippen LogP contribution in [0.2, 0.25) is 0 Å². The summed E-state index contributed by atoms with van der Waals surface area (Å²) in [4.78, 5) is 19.7. The van der Waals surface area contributed by atoms with Gasteiger partial charge in [0.05, 0.1) is 23.0 Å². The summed E-state index contributed by atoms with van der Waals surface area (Å²) in [6, 6.07) is 15.9. The van der Waals surface area contributed by atoms with Crippen molar-refractivity contribution in [2.24, 2.45) is 0 Å². The first-order valence-electron chi connectivity index (χ1n) is 8.91. The summed E-state index contributed by atoms with van der Waals surface area (Å²) in [7, 11) is 0. The van der Waals surface area contributed by atoms with Gasteiger partial charge in [-0.3, -0.25) is 4.79 Å². The summed E-state index contributed by atoms with van der Waals surface area (Å²) in [5.41, 5.74) is 4.01. The van der Waals surface area contributed by atoms with E-state index in [9.17, 15) is 4.79 Å². The molecule has 0 saturated carbocycles. The topological polar surface area (TPSA) is 59.2 Å². The van der Waals surface area contributed by atoms with E-state index in [-0.39, 0.29) is 11.9 Å². The van der Waals surface area contributed by atoms with Crippen molar-refractivity contribution in [3.8, 4) is 11.3 Å². The average Bonchev–Trinajstić information content (AvgIpc) is 3.29. The lowest BCUT2D eigenvalue weighted by Crippen LogP contribution is -2.31. The number of rotatable bonds is 3. The first kappa shape index (κ1) is 16.5. The molecule has 132 valence electrons. The number of hydrogen-bond donors (Lipinski definition) is 0. The molecule has 3 aromatic rings. The van der Waals surface area contributed by atoms with Crippen LogP contribution in [0.5, 0.6) is 0 Å². The second-order valence-corrected chi connectivity index (χ2v) is 6.67. The summed E-state index contributed by atoms with van der Waals surface area (Å²) in [5, 5.41) is 3.99. The number of aryl methyl sites for hydroxylation is 2. The molecular formula is C21H21N3O2. The van der Waals surface area contributed by atoms with Crippen molar-refractivity contribution in [2.75, 3.05) is 6.54 Å². The Morgan fingerprint density at radius 1 is 1.12 bits per heavy atom. The molecule has 1 amide bonds. The van der Waals surface area contributed by atoms with Crippen LogP contribution in [0.1, 0.15) is 46.4 Å². The van der Waals surface area contributed by atoms with Gasteiger partial charge in [0.1, 0.15) is 11.5 Å². The Hall–Kier alpha value is -2.95. The molecule has 1 aromatic carbocycles. The summed E-state index contributed by atoms with van der Waals surface area (Å²) in [6.45, 7) is 4.50. The minimum Gasteiger partial charge on any atom is -0.361 e. The maximum atomic E-state index is 13.1. The van der Waals surface area contributed by atoms with Gasteiger partial charge in [-0.2, -0.15) is 0 Å². The Kier molecular flexibility index (Phi) is 4.29. The van der Waals surface area contributed by atoms with E-state index < -0.39 is 0 Å². The van der Waals surface area contributed by atoms with E-state index in [0.717, 1.165) is 36.3 Å². The average molecular weight is 347 g/mol. The van der Waals surface area contributed by atoms with E-state index in [1.165, 1.54) is 5.56 Å². The second-order valence-electron chi connectivity index (χ2n) is 6.67. The Morgan fingerprint density at radius 3 is 2.65 bits per heavy atom. The highest BCUT2D eigenvalue weighted by molar-refractivity contribution is 5.93. The first-order valence-corrected chi connectivity index (χ1v) is 8.91. The molecule has 1 fully saturated rings. The summed E-state index contributed by atoms with van der Waals surface area (Å²) < 4.78 is 5.24. The molecule has 0 aliphatic carbocycles. The van der Waals surface area contributed by atoms with Crippen molar-refractivity contribution in [3.05, 3.63) is 71.2 Å². The van der Waals surface area contributed by atoms with Crippen LogP contribution in [0.4, 0.5) is 0 Å². The third kappa shape index (κ3) is 2.90. The van der Waals surface area contributed by atoms with Gasteiger partial charge in [0.15, 0.2) is 0 Å². The van der Waals surface area contributed by atoms with E-state index >= 15 is 0 Å². The van der Waals surface area contributed by atoms with Crippen LogP contribution >= 0.6 is 0 Å². The van der Waals surface area contributed by atoms with Crippen LogP contribution in [0.25, 0.3) is 11.3 Å². The van der Waals surface area contributed by atoms with Gasteiger partial charge in [0.2, 0.25) is 0 Å². The van der Waals surface area contributed by atoms with Crippen LogP contribution in [-0.2, 0) is 0 Å². The van der Waals surface area contributed by atoms with E-state index in [2.05, 4.69) is 22.3 Å². The van der Waals surface area contributed by atoms with Gasteiger partial charge in [-0.1, -0.05) is 41.6 Å². The third-order valence-corrected chi connectivity index (χ3v) is 4.96. The number of carbonyl (C=O) groups is 1. The molecule has 0 spiro atoms. The number of nitrogens with zero attached hydrogens (tertiary/aromatic N) is 3. The summed E-state index contributed by atoms with van der Waals surface area (Å²) in [6.07, 6.45) is 1.99. The Labute approximate surface area is 152 Å². The standard InChI is InChI=1S/C21H21N3O2/c1-14-20(15(2)26-23-14)17-10-6-11-18(22-17)21(25)24-13-7-12-19(24)16-8-4-3-5-9-16/h3-6,8-11,19H,7,12-13H2,1-2H3. The van der Waals surface area contributed by atoms with Crippen molar-refractivity contribution >= 4 is 5.91 Å². The fourth-order valence-electron chi connectivity index (χ4n) is 3.72.